The van der Waals surface area contributed by atoms with E-state index in [9.17, 15) is 14.7 Å². The normalized spacial score (nSPS) is 21.7. The van der Waals surface area contributed by atoms with Crippen molar-refractivity contribution in [2.45, 2.75) is 96.2 Å². The fourth-order valence-corrected chi connectivity index (χ4v) is 12.0. The van der Waals surface area contributed by atoms with Gasteiger partial charge in [0, 0.05) is 74.6 Å². The third-order valence-corrected chi connectivity index (χ3v) is 15.8. The highest BCUT2D eigenvalue weighted by Crippen LogP contribution is 2.39. The van der Waals surface area contributed by atoms with E-state index in [-0.39, 0.29) is 35.2 Å². The van der Waals surface area contributed by atoms with Crippen LogP contribution in [0.1, 0.15) is 75.3 Å². The Labute approximate surface area is 420 Å². The first-order valence-electron chi connectivity index (χ1n) is 25.8. The summed E-state index contributed by atoms with van der Waals surface area (Å²) in [6, 6.07) is 17.0. The topological polar surface area (TPSA) is 153 Å². The molecule has 0 unspecified atom stereocenters. The Morgan fingerprint density at radius 3 is 1.63 bits per heavy atom. The van der Waals surface area contributed by atoms with Gasteiger partial charge in [-0.2, -0.15) is 9.97 Å². The van der Waals surface area contributed by atoms with Gasteiger partial charge in [0.1, 0.15) is 11.6 Å². The number of fused-ring (bicyclic) bond motifs is 2. The summed E-state index contributed by atoms with van der Waals surface area (Å²) in [5.41, 5.74) is 7.27. The van der Waals surface area contributed by atoms with E-state index in [2.05, 4.69) is 43.9 Å². The SMILES string of the molecule is Cc1cc(-c2ccc3nc(Cl)nc(N4CCOC[C@@H]4C4CCCCC4)c3c2)cn(C)c1=O.Cc1cc(-c2ccc3nc(N4CCO[C@H](CO)C4)nc(N4CCOC[C@@H]4C4CCCCC4)c3c2)cn(C)c1=O. The molecule has 15 nitrogen and oxygen atoms in total. The van der Waals surface area contributed by atoms with Gasteiger partial charge in [0.2, 0.25) is 11.2 Å². The molecule has 71 heavy (non-hydrogen) atoms. The number of ether oxygens (including phenoxy) is 3. The van der Waals surface area contributed by atoms with Crippen LogP contribution in [-0.4, -0.2) is 118 Å². The lowest BCUT2D eigenvalue weighted by molar-refractivity contribution is 0.00315. The largest absolute Gasteiger partial charge is 0.394 e. The van der Waals surface area contributed by atoms with Crippen molar-refractivity contribution < 1.29 is 19.3 Å². The summed E-state index contributed by atoms with van der Waals surface area (Å²) in [6.45, 7) is 9.87. The van der Waals surface area contributed by atoms with E-state index in [1.54, 1.807) is 23.2 Å². The van der Waals surface area contributed by atoms with Gasteiger partial charge in [-0.15, -0.1) is 0 Å². The second kappa shape index (κ2) is 21.7. The third kappa shape index (κ3) is 10.6. The monoisotopic (exact) mass is 985 g/mol. The summed E-state index contributed by atoms with van der Waals surface area (Å²) >= 11 is 6.37. The van der Waals surface area contributed by atoms with E-state index < -0.39 is 0 Å². The smallest absolute Gasteiger partial charge is 0.253 e. The quantitative estimate of drug-likeness (QED) is 0.147. The average molecular weight is 987 g/mol. The molecule has 0 bridgehead atoms. The van der Waals surface area contributed by atoms with Crippen LogP contribution in [0.2, 0.25) is 5.28 Å². The molecule has 7 heterocycles. The molecule has 4 aromatic heterocycles. The standard InChI is InChI=1S/C30H39N5O4.C25H29ClN4O2/c1-20-14-23(16-33(2)29(20)37)22-8-9-26-25(15-22)28(32-30(31-26)34-10-13-39-24(17-34)18-36)35-11-12-38-19-27(35)21-6-4-3-5-7-21;1-16-12-19(14-29(2)24(16)31)18-8-9-21-20(13-18)23(28-25(26)27-21)30-10-11-32-15-22(30)17-6-4-3-5-7-17/h8-9,14-16,21,24,27,36H,3-7,10-13,17-19H2,1-2H3;8-9,12-14,17,22H,3-7,10-11,15H2,1-2H3/t24-,27+;22-/m01/s1. The molecule has 16 heteroatoms. The first-order chi connectivity index (χ1) is 34.5. The Hall–Kier alpha value is -5.45. The molecule has 0 amide bonds. The predicted octanol–water partition coefficient (Wildman–Crippen LogP) is 8.03. The molecule has 3 aliphatic heterocycles. The van der Waals surface area contributed by atoms with E-state index in [0.717, 1.165) is 93.1 Å². The summed E-state index contributed by atoms with van der Waals surface area (Å²) in [7, 11) is 3.59. The molecule has 6 aromatic rings. The zero-order valence-electron chi connectivity index (χ0n) is 41.7. The summed E-state index contributed by atoms with van der Waals surface area (Å²) in [5, 5.41) is 12.0. The van der Waals surface area contributed by atoms with Gasteiger partial charge in [-0.3, -0.25) is 9.59 Å². The van der Waals surface area contributed by atoms with Gasteiger partial charge in [0.05, 0.1) is 68.9 Å². The van der Waals surface area contributed by atoms with Crippen LogP contribution in [0.3, 0.4) is 0 Å². The highest BCUT2D eigenvalue weighted by atomic mass is 35.5. The van der Waals surface area contributed by atoms with Crippen molar-refractivity contribution >= 4 is 51.0 Å². The van der Waals surface area contributed by atoms with Crippen molar-refractivity contribution in [3.05, 3.63) is 98.0 Å². The second-order valence-corrected chi connectivity index (χ2v) is 20.7. The highest BCUT2D eigenvalue weighted by molar-refractivity contribution is 6.28. The molecule has 2 aliphatic carbocycles. The van der Waals surface area contributed by atoms with E-state index in [0.29, 0.717) is 56.7 Å². The van der Waals surface area contributed by atoms with Crippen molar-refractivity contribution in [3.8, 4) is 22.3 Å². The minimum atomic E-state index is -0.241. The Kier molecular flexibility index (Phi) is 15.0. The van der Waals surface area contributed by atoms with Crippen molar-refractivity contribution in [1.82, 2.24) is 29.1 Å². The molecule has 376 valence electrons. The maximum absolute atomic E-state index is 12.3. The number of halogens is 1. The number of rotatable bonds is 8. The van der Waals surface area contributed by atoms with E-state index in [1.165, 1.54) is 64.2 Å². The highest BCUT2D eigenvalue weighted by Gasteiger charge is 2.36. The van der Waals surface area contributed by atoms with Gasteiger partial charge in [-0.05, 0) is 122 Å². The van der Waals surface area contributed by atoms with Crippen LogP contribution in [0.5, 0.6) is 0 Å². The first kappa shape index (κ1) is 49.1. The van der Waals surface area contributed by atoms with Crippen molar-refractivity contribution in [2.24, 2.45) is 25.9 Å². The van der Waals surface area contributed by atoms with Crippen LogP contribution < -0.4 is 25.8 Å². The zero-order chi connectivity index (χ0) is 49.2. The number of pyridine rings is 2. The van der Waals surface area contributed by atoms with E-state index >= 15 is 0 Å². The minimum Gasteiger partial charge on any atom is -0.394 e. The van der Waals surface area contributed by atoms with Crippen LogP contribution in [0.15, 0.2) is 70.5 Å². The Balaban J connectivity index is 0.000000167. The molecule has 3 atom stereocenters. The van der Waals surface area contributed by atoms with Crippen molar-refractivity contribution in [3.63, 3.8) is 0 Å². The van der Waals surface area contributed by atoms with Crippen molar-refractivity contribution in [2.75, 3.05) is 80.5 Å². The van der Waals surface area contributed by atoms with Crippen LogP contribution in [-0.2, 0) is 28.3 Å². The number of anilines is 3. The molecule has 11 rings (SSSR count). The zero-order valence-corrected chi connectivity index (χ0v) is 42.4. The summed E-state index contributed by atoms with van der Waals surface area (Å²) in [6.07, 6.45) is 16.2. The van der Waals surface area contributed by atoms with E-state index in [4.69, 9.17) is 40.8 Å². The number of aliphatic hydroxyl groups is 1. The Morgan fingerprint density at radius 1 is 0.620 bits per heavy atom. The number of aliphatic hydroxyl groups excluding tert-OH is 1. The third-order valence-electron chi connectivity index (χ3n) is 15.6. The van der Waals surface area contributed by atoms with Crippen LogP contribution in [0, 0.1) is 25.7 Å². The number of morpholine rings is 3. The maximum atomic E-state index is 12.3. The lowest BCUT2D eigenvalue weighted by Gasteiger charge is -2.43. The summed E-state index contributed by atoms with van der Waals surface area (Å²) in [5.74, 6) is 3.72. The van der Waals surface area contributed by atoms with Crippen molar-refractivity contribution in [1.29, 1.82) is 0 Å². The predicted molar refractivity (Wildman–Crippen MR) is 281 cm³/mol. The minimum absolute atomic E-state index is 0.0172. The van der Waals surface area contributed by atoms with Crippen LogP contribution in [0.25, 0.3) is 44.1 Å². The molecular formula is C55H68ClN9O6. The molecule has 2 aromatic carbocycles. The fraction of sp³-hybridized carbons (Fsp3) is 0.527. The second-order valence-electron chi connectivity index (χ2n) is 20.4. The van der Waals surface area contributed by atoms with Crippen LogP contribution >= 0.6 is 11.6 Å². The summed E-state index contributed by atoms with van der Waals surface area (Å²) in [4.78, 5) is 51.0. The lowest BCUT2D eigenvalue weighted by atomic mass is 9.83. The molecule has 3 saturated heterocycles. The molecule has 5 fully saturated rings. The van der Waals surface area contributed by atoms with Gasteiger partial charge < -0.3 is 43.2 Å². The van der Waals surface area contributed by atoms with Crippen LogP contribution in [0.4, 0.5) is 17.6 Å². The molecule has 0 spiro atoms. The Morgan fingerprint density at radius 2 is 1.13 bits per heavy atom. The molecular weight excluding hydrogens is 918 g/mol. The number of nitrogens with zero attached hydrogens (tertiary/aromatic N) is 9. The van der Waals surface area contributed by atoms with Gasteiger partial charge in [0.25, 0.3) is 11.1 Å². The molecule has 1 N–H and O–H groups in total. The van der Waals surface area contributed by atoms with Gasteiger partial charge in [-0.1, -0.05) is 50.7 Å². The number of hydrogen-bond acceptors (Lipinski definition) is 13. The maximum Gasteiger partial charge on any atom is 0.253 e. The van der Waals surface area contributed by atoms with Gasteiger partial charge >= 0.3 is 0 Å². The van der Waals surface area contributed by atoms with Gasteiger partial charge in [-0.25, -0.2) is 9.97 Å². The van der Waals surface area contributed by atoms with Gasteiger partial charge in [0.15, 0.2) is 0 Å². The molecule has 5 aliphatic rings. The number of hydrogen-bond donors (Lipinski definition) is 1. The fourth-order valence-electron chi connectivity index (χ4n) is 11.8. The lowest BCUT2D eigenvalue weighted by Crippen LogP contribution is -2.51. The molecule has 2 saturated carbocycles. The van der Waals surface area contributed by atoms with E-state index in [1.807, 2.05) is 50.5 Å². The number of benzene rings is 2. The molecule has 0 radical (unpaired) electrons. The first-order valence-corrected chi connectivity index (χ1v) is 26.2. The number of aromatic nitrogens is 6. The average Bonchev–Trinajstić information content (AvgIpc) is 3.41. The number of aryl methyl sites for hydroxylation is 4. The Bertz CT molecular complexity index is 2940. The summed E-state index contributed by atoms with van der Waals surface area (Å²) < 4.78 is 20.9.